The Morgan fingerprint density at radius 1 is 1.03 bits per heavy atom. The van der Waals surface area contributed by atoms with Gasteiger partial charge in [-0.3, -0.25) is 14.4 Å². The number of carbonyl (C=O) groups is 4. The number of amides is 3. The standard InChI is InChI=1S/C19H28N8O5S/c1-33-3-2-13(20)17(29)27-14(4-11-6-21-9-24-11)18(30)23-8-16(28)26-15(19(31)32)5-12-7-22-10-25-12/h6-7,9-10,13-15H,2-5,8,20H2,1H3,(H,21,24)(H,22,25)(H,23,30)(H,26,28)(H,27,29)(H,31,32). The number of imidazole rings is 2. The van der Waals surface area contributed by atoms with Gasteiger partial charge in [0.2, 0.25) is 17.7 Å². The smallest absolute Gasteiger partial charge is 0.326 e. The predicted molar refractivity (Wildman–Crippen MR) is 120 cm³/mol. The summed E-state index contributed by atoms with van der Waals surface area (Å²) in [5.74, 6) is -2.34. The fourth-order valence-corrected chi connectivity index (χ4v) is 3.32. The van der Waals surface area contributed by atoms with E-state index in [-0.39, 0.29) is 12.8 Å². The van der Waals surface area contributed by atoms with Crippen LogP contribution in [-0.4, -0.2) is 85.4 Å². The summed E-state index contributed by atoms with van der Waals surface area (Å²) in [6, 6.07) is -2.99. The number of aromatic amines is 2. The molecule has 2 aromatic rings. The van der Waals surface area contributed by atoms with E-state index >= 15 is 0 Å². The predicted octanol–water partition coefficient (Wildman–Crippen LogP) is -1.83. The maximum absolute atomic E-state index is 12.7. The Balaban J connectivity index is 1.94. The number of aliphatic carboxylic acids is 1. The first-order valence-electron chi connectivity index (χ1n) is 10.1. The van der Waals surface area contributed by atoms with Gasteiger partial charge in [0.25, 0.3) is 0 Å². The second-order valence-corrected chi connectivity index (χ2v) is 8.17. The molecule has 0 radical (unpaired) electrons. The Kier molecular flexibility index (Phi) is 10.4. The van der Waals surface area contributed by atoms with Crippen LogP contribution in [0.1, 0.15) is 17.8 Å². The first kappa shape index (κ1) is 25.9. The summed E-state index contributed by atoms with van der Waals surface area (Å²) < 4.78 is 0. The van der Waals surface area contributed by atoms with Gasteiger partial charge in [0.05, 0.1) is 25.2 Å². The highest BCUT2D eigenvalue weighted by molar-refractivity contribution is 7.98. The fraction of sp³-hybridized carbons (Fsp3) is 0.474. The molecule has 14 heteroatoms. The van der Waals surface area contributed by atoms with E-state index in [1.165, 1.54) is 25.0 Å². The highest BCUT2D eigenvalue weighted by Crippen LogP contribution is 2.03. The summed E-state index contributed by atoms with van der Waals surface area (Å²) in [5, 5.41) is 16.7. The first-order chi connectivity index (χ1) is 15.8. The number of carboxylic acids is 1. The van der Waals surface area contributed by atoms with Crippen molar-refractivity contribution in [2.45, 2.75) is 37.4 Å². The minimum atomic E-state index is -1.23. The van der Waals surface area contributed by atoms with E-state index in [0.29, 0.717) is 23.6 Å². The molecule has 8 N–H and O–H groups in total. The highest BCUT2D eigenvalue weighted by atomic mass is 32.2. The lowest BCUT2D eigenvalue weighted by molar-refractivity contribution is -0.141. The molecule has 3 atom stereocenters. The molecular formula is C19H28N8O5S. The number of nitrogens with one attached hydrogen (secondary N) is 5. The molecule has 33 heavy (non-hydrogen) atoms. The summed E-state index contributed by atoms with van der Waals surface area (Å²) >= 11 is 1.55. The van der Waals surface area contributed by atoms with Crippen molar-refractivity contribution in [3.63, 3.8) is 0 Å². The van der Waals surface area contributed by atoms with Crippen LogP contribution in [0, 0.1) is 0 Å². The number of carboxylic acid groups (broad SMARTS) is 1. The number of thioether (sulfide) groups is 1. The van der Waals surface area contributed by atoms with Crippen molar-refractivity contribution >= 4 is 35.5 Å². The molecule has 0 fully saturated rings. The molecule has 0 aliphatic carbocycles. The normalized spacial score (nSPS) is 13.5. The van der Waals surface area contributed by atoms with Crippen molar-refractivity contribution in [2.75, 3.05) is 18.6 Å². The molecule has 13 nitrogen and oxygen atoms in total. The molecule has 3 amide bonds. The van der Waals surface area contributed by atoms with Crippen LogP contribution in [0.5, 0.6) is 0 Å². The molecule has 2 aromatic heterocycles. The Bertz CT molecular complexity index is 905. The highest BCUT2D eigenvalue weighted by Gasteiger charge is 2.26. The number of hydrogen-bond donors (Lipinski definition) is 7. The minimum absolute atomic E-state index is 0.00145. The third-order valence-electron chi connectivity index (χ3n) is 4.62. The van der Waals surface area contributed by atoms with Gasteiger partial charge in [-0.05, 0) is 18.4 Å². The lowest BCUT2D eigenvalue weighted by Gasteiger charge is -2.20. The lowest BCUT2D eigenvalue weighted by atomic mass is 10.1. The molecule has 2 rings (SSSR count). The lowest BCUT2D eigenvalue weighted by Crippen LogP contribution is -2.54. The molecule has 0 bridgehead atoms. The summed E-state index contributed by atoms with van der Waals surface area (Å²) in [6.07, 6.45) is 8.26. The fourth-order valence-electron chi connectivity index (χ4n) is 2.83. The van der Waals surface area contributed by atoms with E-state index in [1.54, 1.807) is 11.8 Å². The van der Waals surface area contributed by atoms with E-state index < -0.39 is 48.4 Å². The van der Waals surface area contributed by atoms with Crippen molar-refractivity contribution in [1.82, 2.24) is 35.9 Å². The zero-order valence-electron chi connectivity index (χ0n) is 18.0. The second kappa shape index (κ2) is 13.2. The van der Waals surface area contributed by atoms with Gasteiger partial charge in [0.1, 0.15) is 12.1 Å². The third kappa shape index (κ3) is 8.94. The topological polar surface area (TPSA) is 208 Å². The van der Waals surface area contributed by atoms with E-state index in [0.717, 1.165) is 0 Å². The molecule has 0 saturated heterocycles. The largest absolute Gasteiger partial charge is 0.480 e. The zero-order valence-corrected chi connectivity index (χ0v) is 18.9. The van der Waals surface area contributed by atoms with Crippen molar-refractivity contribution in [3.8, 4) is 0 Å². The van der Waals surface area contributed by atoms with Gasteiger partial charge in [-0.15, -0.1) is 0 Å². The van der Waals surface area contributed by atoms with Crippen LogP contribution >= 0.6 is 11.8 Å². The summed E-state index contributed by atoms with van der Waals surface area (Å²) in [6.45, 7) is -0.473. The average molecular weight is 481 g/mol. The van der Waals surface area contributed by atoms with Crippen LogP contribution in [-0.2, 0) is 32.0 Å². The van der Waals surface area contributed by atoms with Gasteiger partial charge in [-0.2, -0.15) is 11.8 Å². The number of rotatable bonds is 14. The van der Waals surface area contributed by atoms with Gasteiger partial charge >= 0.3 is 5.97 Å². The first-order valence-corrected chi connectivity index (χ1v) is 11.5. The van der Waals surface area contributed by atoms with Gasteiger partial charge in [-0.25, -0.2) is 14.8 Å². The molecule has 180 valence electrons. The summed E-state index contributed by atoms with van der Waals surface area (Å²) in [5.41, 5.74) is 7.02. The molecule has 3 unspecified atom stereocenters. The Morgan fingerprint density at radius 2 is 1.64 bits per heavy atom. The minimum Gasteiger partial charge on any atom is -0.480 e. The van der Waals surface area contributed by atoms with Crippen LogP contribution in [0.2, 0.25) is 0 Å². The number of carbonyl (C=O) groups excluding carboxylic acids is 3. The zero-order chi connectivity index (χ0) is 24.2. The van der Waals surface area contributed by atoms with E-state index in [9.17, 15) is 24.3 Å². The Hall–Kier alpha value is -3.39. The molecule has 0 spiro atoms. The van der Waals surface area contributed by atoms with Crippen LogP contribution in [0.4, 0.5) is 0 Å². The van der Waals surface area contributed by atoms with Crippen molar-refractivity contribution in [2.24, 2.45) is 5.73 Å². The number of H-pyrrole nitrogens is 2. The van der Waals surface area contributed by atoms with E-state index in [4.69, 9.17) is 5.73 Å². The van der Waals surface area contributed by atoms with Crippen LogP contribution in [0.3, 0.4) is 0 Å². The monoisotopic (exact) mass is 480 g/mol. The molecule has 0 aromatic carbocycles. The molecule has 0 aliphatic rings. The van der Waals surface area contributed by atoms with Crippen molar-refractivity contribution in [1.29, 1.82) is 0 Å². The number of hydrogen-bond acceptors (Lipinski definition) is 8. The van der Waals surface area contributed by atoms with E-state index in [1.807, 2.05) is 6.26 Å². The maximum Gasteiger partial charge on any atom is 0.326 e. The SMILES string of the molecule is CSCCC(N)C(=O)NC(Cc1cnc[nH]1)C(=O)NCC(=O)NC(Cc1cnc[nH]1)C(=O)O. The van der Waals surface area contributed by atoms with Gasteiger partial charge in [-0.1, -0.05) is 0 Å². The van der Waals surface area contributed by atoms with Crippen LogP contribution in [0.15, 0.2) is 25.0 Å². The summed E-state index contributed by atoms with van der Waals surface area (Å²) in [7, 11) is 0. The molecular weight excluding hydrogens is 452 g/mol. The third-order valence-corrected chi connectivity index (χ3v) is 5.26. The van der Waals surface area contributed by atoms with Gasteiger partial charge < -0.3 is 36.8 Å². The molecule has 0 aliphatic heterocycles. The average Bonchev–Trinajstić information content (AvgIpc) is 3.49. The number of nitrogens with zero attached hydrogens (tertiary/aromatic N) is 2. The Morgan fingerprint density at radius 3 is 2.15 bits per heavy atom. The van der Waals surface area contributed by atoms with Crippen molar-refractivity contribution in [3.05, 3.63) is 36.4 Å². The van der Waals surface area contributed by atoms with Gasteiger partial charge in [0.15, 0.2) is 0 Å². The quantitative estimate of drug-likeness (QED) is 0.162. The van der Waals surface area contributed by atoms with Crippen molar-refractivity contribution < 1.29 is 24.3 Å². The summed E-state index contributed by atoms with van der Waals surface area (Å²) in [4.78, 5) is 62.1. The van der Waals surface area contributed by atoms with E-state index in [2.05, 4.69) is 35.9 Å². The van der Waals surface area contributed by atoms with Crippen LogP contribution < -0.4 is 21.7 Å². The van der Waals surface area contributed by atoms with Crippen LogP contribution in [0.25, 0.3) is 0 Å². The second-order valence-electron chi connectivity index (χ2n) is 7.19. The number of aromatic nitrogens is 4. The number of nitrogens with two attached hydrogens (primary N) is 1. The maximum atomic E-state index is 12.7. The van der Waals surface area contributed by atoms with Gasteiger partial charge in [0, 0.05) is 36.6 Å². The molecule has 2 heterocycles. The Labute approximate surface area is 194 Å². The molecule has 0 saturated carbocycles.